The van der Waals surface area contributed by atoms with Gasteiger partial charge < -0.3 is 14.0 Å². The minimum atomic E-state index is -1.01. The number of ether oxygens (including phenoxy) is 2. The van der Waals surface area contributed by atoms with E-state index in [2.05, 4.69) is 4.74 Å². The van der Waals surface area contributed by atoms with Crippen molar-refractivity contribution in [3.05, 3.63) is 40.9 Å². The van der Waals surface area contributed by atoms with Crippen LogP contribution >= 0.6 is 11.8 Å². The molecule has 0 unspecified atom stereocenters. The normalized spacial score (nSPS) is 16.7. The van der Waals surface area contributed by atoms with Gasteiger partial charge in [-0.25, -0.2) is 4.79 Å². The summed E-state index contributed by atoms with van der Waals surface area (Å²) in [6.45, 7) is 1.46. The third kappa shape index (κ3) is 3.53. The van der Waals surface area contributed by atoms with Gasteiger partial charge in [0, 0.05) is 22.7 Å². The maximum atomic E-state index is 12.7. The van der Waals surface area contributed by atoms with Crippen LogP contribution < -0.4 is 0 Å². The van der Waals surface area contributed by atoms with Gasteiger partial charge in [0.15, 0.2) is 0 Å². The van der Waals surface area contributed by atoms with Crippen molar-refractivity contribution in [2.24, 2.45) is 0 Å². The zero-order valence-corrected chi connectivity index (χ0v) is 16.3. The van der Waals surface area contributed by atoms with Crippen molar-refractivity contribution in [2.75, 3.05) is 14.2 Å². The number of carbonyl (C=O) groups excluding carboxylic acids is 4. The second-order valence-electron chi connectivity index (χ2n) is 6.06. The predicted octanol–water partition coefficient (Wildman–Crippen LogP) is 2.41. The minimum absolute atomic E-state index is 0.0195. The van der Waals surface area contributed by atoms with Crippen LogP contribution in [0.2, 0.25) is 0 Å². The Kier molecular flexibility index (Phi) is 5.55. The zero-order valence-electron chi connectivity index (χ0n) is 15.5. The molecule has 0 N–H and O–H groups in total. The van der Waals surface area contributed by atoms with Crippen molar-refractivity contribution in [1.29, 1.82) is 0 Å². The molecule has 9 heteroatoms. The quantitative estimate of drug-likeness (QED) is 0.560. The Morgan fingerprint density at radius 2 is 1.89 bits per heavy atom. The summed E-state index contributed by atoms with van der Waals surface area (Å²) in [4.78, 5) is 49.4. The number of nitrogens with zero attached hydrogens (tertiary/aromatic N) is 2. The standard InChI is InChI=1S/C19H18N2O6S/c1-11(18(24)27-3)21-17(23)15(28-19(21)25)8-12-9-20(10-16(22)26-2)14-7-5-4-6-13(12)14/h4-9,11H,10H2,1-3H3/b15-8+/t11-/m1/s1. The average molecular weight is 402 g/mol. The molecule has 1 atom stereocenters. The van der Waals surface area contributed by atoms with Gasteiger partial charge in [-0.05, 0) is 30.8 Å². The van der Waals surface area contributed by atoms with Gasteiger partial charge in [-0.1, -0.05) is 18.2 Å². The third-order valence-electron chi connectivity index (χ3n) is 4.39. The highest BCUT2D eigenvalue weighted by atomic mass is 32.2. The second kappa shape index (κ2) is 7.89. The Bertz CT molecular complexity index is 1010. The van der Waals surface area contributed by atoms with Crippen molar-refractivity contribution in [3.8, 4) is 0 Å². The molecule has 0 aliphatic carbocycles. The summed E-state index contributed by atoms with van der Waals surface area (Å²) in [6.07, 6.45) is 3.31. The lowest BCUT2D eigenvalue weighted by atomic mass is 10.1. The van der Waals surface area contributed by atoms with Crippen LogP contribution in [0.1, 0.15) is 12.5 Å². The molecule has 1 fully saturated rings. The van der Waals surface area contributed by atoms with Crippen LogP contribution in [0, 0.1) is 0 Å². The first-order chi connectivity index (χ1) is 13.4. The molecule has 1 saturated heterocycles. The van der Waals surface area contributed by atoms with Gasteiger partial charge in [0.1, 0.15) is 12.6 Å². The van der Waals surface area contributed by atoms with Crippen LogP contribution in [0.4, 0.5) is 4.79 Å². The molecule has 0 radical (unpaired) electrons. The molecule has 8 nitrogen and oxygen atoms in total. The van der Waals surface area contributed by atoms with Crippen molar-refractivity contribution in [3.63, 3.8) is 0 Å². The van der Waals surface area contributed by atoms with E-state index < -0.39 is 29.1 Å². The SMILES string of the molecule is COC(=O)Cn1cc(/C=C2/SC(=O)N([C@H](C)C(=O)OC)C2=O)c2ccccc21. The summed E-state index contributed by atoms with van der Waals surface area (Å²) < 4.78 is 11.1. The van der Waals surface area contributed by atoms with E-state index in [-0.39, 0.29) is 11.4 Å². The highest BCUT2D eigenvalue weighted by Gasteiger charge is 2.41. The molecule has 2 amide bonds. The molecule has 1 aliphatic heterocycles. The summed E-state index contributed by atoms with van der Waals surface area (Å²) in [5, 5.41) is 0.284. The van der Waals surface area contributed by atoms with Crippen molar-refractivity contribution < 1.29 is 28.7 Å². The van der Waals surface area contributed by atoms with Crippen LogP contribution in [-0.4, -0.2) is 52.8 Å². The fraction of sp³-hybridized carbons (Fsp3) is 0.263. The molecule has 1 aliphatic rings. The monoisotopic (exact) mass is 402 g/mol. The summed E-state index contributed by atoms with van der Waals surface area (Å²) in [7, 11) is 2.51. The van der Waals surface area contributed by atoms with E-state index in [1.807, 2.05) is 24.3 Å². The molecule has 146 valence electrons. The number of para-hydroxylation sites is 1. The third-order valence-corrected chi connectivity index (χ3v) is 5.27. The highest BCUT2D eigenvalue weighted by molar-refractivity contribution is 8.18. The van der Waals surface area contributed by atoms with Gasteiger partial charge in [0.25, 0.3) is 11.1 Å². The van der Waals surface area contributed by atoms with Gasteiger partial charge in [-0.2, -0.15) is 0 Å². The molecule has 0 spiro atoms. The summed E-state index contributed by atoms with van der Waals surface area (Å²) in [6, 6.07) is 6.37. The van der Waals surface area contributed by atoms with E-state index in [4.69, 9.17) is 4.74 Å². The average Bonchev–Trinajstić information content (AvgIpc) is 3.17. The van der Waals surface area contributed by atoms with E-state index >= 15 is 0 Å². The number of benzene rings is 1. The first kappa shape index (κ1) is 19.7. The van der Waals surface area contributed by atoms with E-state index in [9.17, 15) is 19.2 Å². The second-order valence-corrected chi connectivity index (χ2v) is 7.05. The number of esters is 2. The maximum Gasteiger partial charge on any atom is 0.328 e. The number of amides is 2. The van der Waals surface area contributed by atoms with E-state index in [0.29, 0.717) is 5.56 Å². The van der Waals surface area contributed by atoms with Crippen LogP contribution in [0.5, 0.6) is 0 Å². The molecule has 28 heavy (non-hydrogen) atoms. The number of hydrogen-bond donors (Lipinski definition) is 0. The minimum Gasteiger partial charge on any atom is -0.468 e. The van der Waals surface area contributed by atoms with Gasteiger partial charge in [-0.3, -0.25) is 19.3 Å². The molecular formula is C19H18N2O6S. The lowest BCUT2D eigenvalue weighted by Crippen LogP contribution is -2.42. The van der Waals surface area contributed by atoms with E-state index in [1.165, 1.54) is 21.1 Å². The summed E-state index contributed by atoms with van der Waals surface area (Å²) in [5.74, 6) is -1.63. The van der Waals surface area contributed by atoms with Crippen molar-refractivity contribution >= 4 is 51.8 Å². The highest BCUT2D eigenvalue weighted by Crippen LogP contribution is 2.35. The molecule has 1 aromatic heterocycles. The number of aromatic nitrogens is 1. The van der Waals surface area contributed by atoms with Crippen LogP contribution in [0.15, 0.2) is 35.4 Å². The van der Waals surface area contributed by atoms with Crippen LogP contribution in [0.3, 0.4) is 0 Å². The Labute approximate surface area is 165 Å². The smallest absolute Gasteiger partial charge is 0.328 e. The molecule has 2 heterocycles. The summed E-state index contributed by atoms with van der Waals surface area (Å²) in [5.41, 5.74) is 1.47. The molecule has 0 saturated carbocycles. The van der Waals surface area contributed by atoms with Crippen molar-refractivity contribution in [1.82, 2.24) is 9.47 Å². The maximum absolute atomic E-state index is 12.7. The van der Waals surface area contributed by atoms with Gasteiger partial charge >= 0.3 is 11.9 Å². The Morgan fingerprint density at radius 1 is 1.18 bits per heavy atom. The first-order valence-electron chi connectivity index (χ1n) is 8.37. The number of carbonyl (C=O) groups is 4. The molecular weight excluding hydrogens is 384 g/mol. The topological polar surface area (TPSA) is 94.9 Å². The van der Waals surface area contributed by atoms with Crippen LogP contribution in [0.25, 0.3) is 17.0 Å². The largest absolute Gasteiger partial charge is 0.468 e. The fourth-order valence-electron chi connectivity index (χ4n) is 2.96. The van der Waals surface area contributed by atoms with Crippen LogP contribution in [-0.2, 0) is 30.4 Å². The number of thioether (sulfide) groups is 1. The number of hydrogen-bond acceptors (Lipinski definition) is 7. The van der Waals surface area contributed by atoms with Gasteiger partial charge in [0.2, 0.25) is 0 Å². The van der Waals surface area contributed by atoms with Gasteiger partial charge in [-0.15, -0.1) is 0 Å². The summed E-state index contributed by atoms with van der Waals surface area (Å²) >= 11 is 0.759. The molecule has 3 rings (SSSR count). The Balaban J connectivity index is 1.99. The number of imide groups is 1. The number of methoxy groups -OCH3 is 2. The molecule has 2 aromatic rings. The lowest BCUT2D eigenvalue weighted by molar-refractivity contribution is -0.148. The van der Waals surface area contributed by atoms with Crippen molar-refractivity contribution in [2.45, 2.75) is 19.5 Å². The predicted molar refractivity (Wildman–Crippen MR) is 103 cm³/mol. The zero-order chi connectivity index (χ0) is 20.4. The molecule has 0 bridgehead atoms. The first-order valence-corrected chi connectivity index (χ1v) is 9.18. The number of fused-ring (bicyclic) bond motifs is 1. The lowest BCUT2D eigenvalue weighted by Gasteiger charge is -2.18. The Hall–Kier alpha value is -3.07. The molecule has 1 aromatic carbocycles. The Morgan fingerprint density at radius 3 is 2.57 bits per heavy atom. The fourth-order valence-corrected chi connectivity index (χ4v) is 3.85. The van der Waals surface area contributed by atoms with E-state index in [0.717, 1.165) is 27.6 Å². The van der Waals surface area contributed by atoms with Gasteiger partial charge in [0.05, 0.1) is 19.1 Å². The van der Waals surface area contributed by atoms with E-state index in [1.54, 1.807) is 16.8 Å². The number of rotatable bonds is 5.